The van der Waals surface area contributed by atoms with Gasteiger partial charge in [0.15, 0.2) is 0 Å². The van der Waals surface area contributed by atoms with E-state index in [1.807, 2.05) is 37.3 Å². The van der Waals surface area contributed by atoms with Crippen LogP contribution in [0.5, 0.6) is 0 Å². The van der Waals surface area contributed by atoms with Gasteiger partial charge in [0, 0.05) is 34.6 Å². The number of fused-ring (bicyclic) bond motifs is 1. The van der Waals surface area contributed by atoms with Crippen LogP contribution in [0.1, 0.15) is 21.5 Å². The van der Waals surface area contributed by atoms with Gasteiger partial charge in [-0.2, -0.15) is 0 Å². The topological polar surface area (TPSA) is 98.0 Å². The molecule has 7 nitrogen and oxygen atoms in total. The zero-order valence-electron chi connectivity index (χ0n) is 15.7. The number of pyridine rings is 1. The van der Waals surface area contributed by atoms with Gasteiger partial charge in [0.25, 0.3) is 11.6 Å². The fourth-order valence-electron chi connectivity index (χ4n) is 3.08. The Hall–Kier alpha value is -3.65. The second-order valence-corrected chi connectivity index (χ2v) is 7.51. The van der Waals surface area contributed by atoms with Crippen molar-refractivity contribution < 1.29 is 9.72 Å². The van der Waals surface area contributed by atoms with Gasteiger partial charge in [0.05, 0.1) is 4.92 Å². The highest BCUT2D eigenvalue weighted by Crippen LogP contribution is 2.33. The number of carbonyl (C=O) groups is 1. The summed E-state index contributed by atoms with van der Waals surface area (Å²) in [5.41, 5.74) is 4.10. The molecule has 1 amide bonds. The van der Waals surface area contributed by atoms with Gasteiger partial charge in [-0.25, -0.2) is 9.97 Å². The van der Waals surface area contributed by atoms with Crippen molar-refractivity contribution in [3.8, 4) is 10.6 Å². The fraction of sp³-hybridized carbons (Fsp3) is 0.0952. The van der Waals surface area contributed by atoms with E-state index in [9.17, 15) is 14.9 Å². The predicted molar refractivity (Wildman–Crippen MR) is 113 cm³/mol. The molecule has 8 heteroatoms. The molecule has 0 aliphatic rings. The van der Waals surface area contributed by atoms with E-state index in [2.05, 4.69) is 15.3 Å². The average molecular weight is 404 g/mol. The zero-order chi connectivity index (χ0) is 20.5. The van der Waals surface area contributed by atoms with E-state index in [-0.39, 0.29) is 11.6 Å². The Balaban J connectivity index is 1.64. The summed E-state index contributed by atoms with van der Waals surface area (Å²) >= 11 is 1.50. The van der Waals surface area contributed by atoms with Crippen LogP contribution in [0.2, 0.25) is 0 Å². The summed E-state index contributed by atoms with van der Waals surface area (Å²) in [6.07, 6.45) is 1.74. The molecule has 29 heavy (non-hydrogen) atoms. The molecule has 0 aliphatic carbocycles. The van der Waals surface area contributed by atoms with Crippen molar-refractivity contribution in [1.82, 2.24) is 9.97 Å². The lowest BCUT2D eigenvalue weighted by Gasteiger charge is -2.11. The molecule has 0 atom stereocenters. The number of nitrogens with one attached hydrogen (secondary N) is 1. The third-order valence-electron chi connectivity index (χ3n) is 4.63. The van der Waals surface area contributed by atoms with E-state index in [0.717, 1.165) is 26.5 Å². The predicted octanol–water partition coefficient (Wildman–Crippen LogP) is 5.14. The fourth-order valence-corrected chi connectivity index (χ4v) is 4.07. The van der Waals surface area contributed by atoms with Crippen molar-refractivity contribution in [3.63, 3.8) is 0 Å². The first kappa shape index (κ1) is 18.7. The van der Waals surface area contributed by atoms with E-state index in [1.54, 1.807) is 13.1 Å². The van der Waals surface area contributed by atoms with Crippen LogP contribution < -0.4 is 5.32 Å². The summed E-state index contributed by atoms with van der Waals surface area (Å²) in [6, 6.07) is 13.7. The van der Waals surface area contributed by atoms with Crippen molar-refractivity contribution in [1.29, 1.82) is 0 Å². The maximum atomic E-state index is 12.7. The number of hydrogen-bond donors (Lipinski definition) is 1. The van der Waals surface area contributed by atoms with Crippen LogP contribution in [-0.4, -0.2) is 20.8 Å². The third kappa shape index (κ3) is 3.57. The Morgan fingerprint density at radius 1 is 1.14 bits per heavy atom. The summed E-state index contributed by atoms with van der Waals surface area (Å²) in [4.78, 5) is 33.0. The monoisotopic (exact) mass is 404 g/mol. The summed E-state index contributed by atoms with van der Waals surface area (Å²) in [5.74, 6) is -0.325. The second-order valence-electron chi connectivity index (χ2n) is 6.54. The summed E-state index contributed by atoms with van der Waals surface area (Å²) < 4.78 is 0. The summed E-state index contributed by atoms with van der Waals surface area (Å²) in [5, 5.41) is 14.7. The molecule has 2 aromatic heterocycles. The molecule has 0 saturated carbocycles. The number of aryl methyl sites for hydroxylation is 1. The molecule has 4 aromatic rings. The van der Waals surface area contributed by atoms with Gasteiger partial charge in [0.1, 0.15) is 15.4 Å². The van der Waals surface area contributed by atoms with E-state index in [4.69, 9.17) is 0 Å². The molecule has 1 N–H and O–H groups in total. The van der Waals surface area contributed by atoms with Gasteiger partial charge >= 0.3 is 0 Å². The van der Waals surface area contributed by atoms with Crippen LogP contribution in [0.4, 0.5) is 11.4 Å². The van der Waals surface area contributed by atoms with Crippen molar-refractivity contribution in [3.05, 3.63) is 81.5 Å². The highest BCUT2D eigenvalue weighted by Gasteiger charge is 2.16. The number of nitro groups is 1. The molecule has 4 rings (SSSR count). The lowest BCUT2D eigenvalue weighted by atomic mass is 10.1. The first-order valence-electron chi connectivity index (χ1n) is 8.82. The SMILES string of the molecule is Cc1cc(C(=O)Nc2cccc(-c3nc4cccnc4s3)c2C)ccc1[N+](=O)[O-]. The highest BCUT2D eigenvalue weighted by molar-refractivity contribution is 7.21. The number of rotatable bonds is 4. The quantitative estimate of drug-likeness (QED) is 0.375. The molecule has 0 aliphatic heterocycles. The highest BCUT2D eigenvalue weighted by atomic mass is 32.1. The molecular weight excluding hydrogens is 388 g/mol. The molecule has 0 fully saturated rings. The zero-order valence-corrected chi connectivity index (χ0v) is 16.5. The molecule has 0 saturated heterocycles. The first-order valence-corrected chi connectivity index (χ1v) is 9.63. The number of anilines is 1. The van der Waals surface area contributed by atoms with Crippen LogP contribution in [0.25, 0.3) is 20.9 Å². The smallest absolute Gasteiger partial charge is 0.272 e. The maximum Gasteiger partial charge on any atom is 0.272 e. The molecule has 2 heterocycles. The maximum absolute atomic E-state index is 12.7. The molecule has 0 bridgehead atoms. The number of hydrogen-bond acceptors (Lipinski definition) is 6. The molecule has 0 radical (unpaired) electrons. The number of carbonyl (C=O) groups excluding carboxylic acids is 1. The lowest BCUT2D eigenvalue weighted by molar-refractivity contribution is -0.385. The van der Waals surface area contributed by atoms with Gasteiger partial charge < -0.3 is 5.32 Å². The molecule has 0 spiro atoms. The average Bonchev–Trinajstić information content (AvgIpc) is 3.13. The van der Waals surface area contributed by atoms with Crippen molar-refractivity contribution >= 4 is 39.0 Å². The molecular formula is C21H16N4O3S. The van der Waals surface area contributed by atoms with Crippen molar-refractivity contribution in [2.45, 2.75) is 13.8 Å². The van der Waals surface area contributed by atoms with E-state index >= 15 is 0 Å². The van der Waals surface area contributed by atoms with Gasteiger partial charge in [-0.05, 0) is 49.7 Å². The van der Waals surface area contributed by atoms with Crippen LogP contribution in [0, 0.1) is 24.0 Å². The summed E-state index contributed by atoms with van der Waals surface area (Å²) in [7, 11) is 0. The minimum absolute atomic E-state index is 0.0100. The Morgan fingerprint density at radius 2 is 1.97 bits per heavy atom. The second kappa shape index (κ2) is 7.40. The van der Waals surface area contributed by atoms with Gasteiger partial charge in [-0.15, -0.1) is 0 Å². The van der Waals surface area contributed by atoms with Gasteiger partial charge in [-0.3, -0.25) is 14.9 Å². The Kier molecular flexibility index (Phi) is 4.77. The number of thiazole rings is 1. The largest absolute Gasteiger partial charge is 0.322 e. The van der Waals surface area contributed by atoms with E-state index in [0.29, 0.717) is 16.8 Å². The van der Waals surface area contributed by atoms with Crippen molar-refractivity contribution in [2.75, 3.05) is 5.32 Å². The Labute approximate surface area is 170 Å². The minimum Gasteiger partial charge on any atom is -0.322 e. The van der Waals surface area contributed by atoms with Crippen molar-refractivity contribution in [2.24, 2.45) is 0 Å². The normalized spacial score (nSPS) is 10.8. The number of aromatic nitrogens is 2. The lowest BCUT2D eigenvalue weighted by Crippen LogP contribution is -2.13. The molecule has 2 aromatic carbocycles. The summed E-state index contributed by atoms with van der Waals surface area (Å²) in [6.45, 7) is 3.54. The van der Waals surface area contributed by atoms with Gasteiger partial charge in [0.2, 0.25) is 0 Å². The van der Waals surface area contributed by atoms with E-state index < -0.39 is 4.92 Å². The number of nitro benzene ring substituents is 1. The molecule has 144 valence electrons. The van der Waals surface area contributed by atoms with Crippen LogP contribution in [0.3, 0.4) is 0 Å². The van der Waals surface area contributed by atoms with E-state index in [1.165, 1.54) is 29.5 Å². The van der Waals surface area contributed by atoms with Crippen LogP contribution in [0.15, 0.2) is 54.7 Å². The van der Waals surface area contributed by atoms with Gasteiger partial charge in [-0.1, -0.05) is 23.5 Å². The Bertz CT molecular complexity index is 1230. The number of benzene rings is 2. The van der Waals surface area contributed by atoms with Crippen LogP contribution >= 0.6 is 11.3 Å². The minimum atomic E-state index is -0.461. The third-order valence-corrected chi connectivity index (χ3v) is 5.65. The van der Waals surface area contributed by atoms with Crippen LogP contribution in [-0.2, 0) is 0 Å². The number of nitrogens with zero attached hydrogens (tertiary/aromatic N) is 3. The first-order chi connectivity index (χ1) is 13.9. The number of amides is 1. The Morgan fingerprint density at radius 3 is 2.69 bits per heavy atom. The molecule has 0 unspecified atom stereocenters. The standard InChI is InChI=1S/C21H16N4O3S/c1-12-11-14(8-9-18(12)25(27)28)19(26)23-16-6-3-5-15(13(16)2)20-24-17-7-4-10-22-21(17)29-20/h3-11H,1-2H3,(H,23,26).